The number of nitrogens with zero attached hydrogens (tertiary/aromatic N) is 3. The van der Waals surface area contributed by atoms with Crippen LogP contribution in [0.3, 0.4) is 0 Å². The van der Waals surface area contributed by atoms with Gasteiger partial charge in [-0.15, -0.1) is 0 Å². The lowest BCUT2D eigenvalue weighted by molar-refractivity contribution is 0.141. The van der Waals surface area contributed by atoms with Gasteiger partial charge in [0.2, 0.25) is 0 Å². The van der Waals surface area contributed by atoms with E-state index in [4.69, 9.17) is 14.6 Å². The second-order valence-corrected chi connectivity index (χ2v) is 8.27. The van der Waals surface area contributed by atoms with E-state index in [0.29, 0.717) is 42.1 Å². The van der Waals surface area contributed by atoms with Gasteiger partial charge < -0.3 is 19.9 Å². The number of hydrogen-bond acceptors (Lipinski definition) is 7. The zero-order chi connectivity index (χ0) is 26.0. The maximum absolute atomic E-state index is 15.0. The van der Waals surface area contributed by atoms with Gasteiger partial charge in [0.15, 0.2) is 0 Å². The number of anilines is 2. The van der Waals surface area contributed by atoms with Crippen molar-refractivity contribution in [2.75, 3.05) is 23.8 Å². The van der Waals surface area contributed by atoms with Crippen LogP contribution in [-0.4, -0.2) is 40.5 Å². The van der Waals surface area contributed by atoms with E-state index >= 15 is 0 Å². The number of halogens is 3. The Morgan fingerprint density at radius 2 is 2.03 bits per heavy atom. The molecule has 4 rings (SSSR count). The van der Waals surface area contributed by atoms with E-state index in [0.717, 1.165) is 12.1 Å². The number of ether oxygens (including phenoxy) is 2. The minimum Gasteiger partial charge on any atom is -0.487 e. The normalized spacial score (nSPS) is 16.1. The highest BCUT2D eigenvalue weighted by Gasteiger charge is 2.24. The third kappa shape index (κ3) is 5.26. The number of alkyl halides is 2. The number of aryl methyl sites for hydroxylation is 1. The van der Waals surface area contributed by atoms with Crippen molar-refractivity contribution in [1.82, 2.24) is 9.97 Å². The molecular weight excluding hydrogens is 479 g/mol. The van der Waals surface area contributed by atoms with Gasteiger partial charge in [0, 0.05) is 23.1 Å². The van der Waals surface area contributed by atoms with Crippen LogP contribution in [0.4, 0.5) is 29.5 Å². The molecule has 188 valence electrons. The van der Waals surface area contributed by atoms with Gasteiger partial charge >= 0.3 is 6.09 Å². The summed E-state index contributed by atoms with van der Waals surface area (Å²) in [6.07, 6.45) is -4.18. The molecule has 3 N–H and O–H groups in total. The molecule has 0 unspecified atom stereocenters. The van der Waals surface area contributed by atoms with Crippen molar-refractivity contribution < 1.29 is 32.5 Å². The van der Waals surface area contributed by atoms with Crippen LogP contribution in [0.25, 0.3) is 10.9 Å². The Kier molecular flexibility index (Phi) is 7.12. The Labute approximate surface area is 203 Å². The Hall–Kier alpha value is -4.11. The molecule has 0 aliphatic carbocycles. The highest BCUT2D eigenvalue weighted by molar-refractivity contribution is 5.92. The Morgan fingerprint density at radius 1 is 1.28 bits per heavy atom. The first-order valence-electron chi connectivity index (χ1n) is 11.0. The van der Waals surface area contributed by atoms with Gasteiger partial charge in [0.05, 0.1) is 35.9 Å². The van der Waals surface area contributed by atoms with Crippen molar-refractivity contribution in [1.29, 1.82) is 5.26 Å². The molecule has 3 aromatic rings. The number of hydrogen-bond donors (Lipinski definition) is 3. The van der Waals surface area contributed by atoms with Gasteiger partial charge in [-0.3, -0.25) is 5.32 Å². The van der Waals surface area contributed by atoms with Crippen LogP contribution in [-0.2, 0) is 4.74 Å². The third-order valence-electron chi connectivity index (χ3n) is 5.65. The monoisotopic (exact) mass is 501 g/mol. The fraction of sp³-hybridized carbons (Fsp3) is 0.333. The van der Waals surface area contributed by atoms with Crippen LogP contribution in [0.5, 0.6) is 5.75 Å². The molecule has 1 aromatic heterocycles. The number of carboxylic acid groups (broad SMARTS) is 1. The minimum absolute atomic E-state index is 0.186. The predicted molar refractivity (Wildman–Crippen MR) is 124 cm³/mol. The first-order chi connectivity index (χ1) is 17.2. The summed E-state index contributed by atoms with van der Waals surface area (Å²) < 4.78 is 53.2. The van der Waals surface area contributed by atoms with Gasteiger partial charge in [-0.2, -0.15) is 5.26 Å². The fourth-order valence-corrected chi connectivity index (χ4v) is 3.97. The van der Waals surface area contributed by atoms with Crippen molar-refractivity contribution in [3.63, 3.8) is 0 Å². The number of benzene rings is 2. The molecule has 36 heavy (non-hydrogen) atoms. The van der Waals surface area contributed by atoms with Crippen LogP contribution < -0.4 is 15.4 Å². The number of aromatic nitrogens is 2. The van der Waals surface area contributed by atoms with Crippen LogP contribution in [0.2, 0.25) is 0 Å². The summed E-state index contributed by atoms with van der Waals surface area (Å²) >= 11 is 0. The average Bonchev–Trinajstić information content (AvgIpc) is 3.32. The van der Waals surface area contributed by atoms with Gasteiger partial charge in [-0.25, -0.2) is 27.9 Å². The highest BCUT2D eigenvalue weighted by Crippen LogP contribution is 2.35. The predicted octanol–water partition coefficient (Wildman–Crippen LogP) is 5.32. The lowest BCUT2D eigenvalue weighted by atomic mass is 10.0. The van der Waals surface area contributed by atoms with Crippen LogP contribution >= 0.6 is 0 Å². The summed E-state index contributed by atoms with van der Waals surface area (Å²) in [6.45, 7) is 4.10. The molecular formula is C24H22F3N5O4. The summed E-state index contributed by atoms with van der Waals surface area (Å²) in [5.41, 5.74) is -0.610. The molecule has 2 aromatic carbocycles. The topological polar surface area (TPSA) is 129 Å². The first-order valence-corrected chi connectivity index (χ1v) is 11.0. The molecule has 9 nitrogen and oxygen atoms in total. The molecule has 0 bridgehead atoms. The minimum atomic E-state index is -3.16. The van der Waals surface area contributed by atoms with Crippen molar-refractivity contribution in [3.05, 3.63) is 52.6 Å². The SMILES string of the molecule is Cc1nc(N[C@H](C)c2cc(NC(=O)O)cc(C(F)F)c2F)c2cc(O[C@H]3CCOC3)c(C#N)cc2n1. The summed E-state index contributed by atoms with van der Waals surface area (Å²) in [7, 11) is 0. The Bertz CT molecular complexity index is 1360. The number of nitriles is 1. The largest absolute Gasteiger partial charge is 0.487 e. The number of amides is 1. The smallest absolute Gasteiger partial charge is 0.409 e. The van der Waals surface area contributed by atoms with E-state index in [-0.39, 0.29) is 28.7 Å². The van der Waals surface area contributed by atoms with Gasteiger partial charge in [0.25, 0.3) is 6.43 Å². The van der Waals surface area contributed by atoms with E-state index in [1.165, 1.54) is 6.92 Å². The zero-order valence-corrected chi connectivity index (χ0v) is 19.3. The third-order valence-corrected chi connectivity index (χ3v) is 5.65. The molecule has 0 radical (unpaired) electrons. The molecule has 1 amide bonds. The number of rotatable bonds is 7. The van der Waals surface area contributed by atoms with E-state index in [1.54, 1.807) is 19.1 Å². The molecule has 2 heterocycles. The van der Waals surface area contributed by atoms with E-state index in [2.05, 4.69) is 21.4 Å². The molecule has 1 fully saturated rings. The molecule has 0 saturated carbocycles. The second kappa shape index (κ2) is 10.2. The zero-order valence-electron chi connectivity index (χ0n) is 19.3. The van der Waals surface area contributed by atoms with Crippen LogP contribution in [0.15, 0.2) is 24.3 Å². The Morgan fingerprint density at radius 3 is 2.67 bits per heavy atom. The first kappa shape index (κ1) is 25.0. The van der Waals surface area contributed by atoms with Crippen molar-refractivity contribution in [2.45, 2.75) is 38.8 Å². The molecule has 2 atom stereocenters. The second-order valence-electron chi connectivity index (χ2n) is 8.27. The van der Waals surface area contributed by atoms with Crippen molar-refractivity contribution in [3.8, 4) is 11.8 Å². The Balaban J connectivity index is 1.75. The maximum Gasteiger partial charge on any atom is 0.409 e. The standard InChI is InChI=1S/C24H22F3N5O4/c1-11(16-6-14(32-24(33)34)7-18(21(16)25)22(26)27)29-23-17-8-20(36-15-3-4-35-10-15)13(9-28)5-19(17)30-12(2)31-23/h5-8,11,15,22,32H,3-4,10H2,1-2H3,(H,33,34)(H,29,30,31)/t11-,15+/m1/s1. The van der Waals surface area contributed by atoms with Crippen molar-refractivity contribution >= 4 is 28.5 Å². The quantitative estimate of drug-likeness (QED) is 0.397. The maximum atomic E-state index is 15.0. The van der Waals surface area contributed by atoms with Gasteiger partial charge in [-0.1, -0.05) is 0 Å². The fourth-order valence-electron chi connectivity index (χ4n) is 3.97. The summed E-state index contributed by atoms with van der Waals surface area (Å²) in [5.74, 6) is -0.235. The van der Waals surface area contributed by atoms with Crippen LogP contribution in [0.1, 0.15) is 48.3 Å². The van der Waals surface area contributed by atoms with Gasteiger partial charge in [-0.05, 0) is 38.1 Å². The summed E-state index contributed by atoms with van der Waals surface area (Å²) in [5, 5.41) is 24.1. The van der Waals surface area contributed by atoms with E-state index in [9.17, 15) is 23.2 Å². The lowest BCUT2D eigenvalue weighted by Crippen LogP contribution is -2.17. The van der Waals surface area contributed by atoms with E-state index < -0.39 is 29.9 Å². The molecule has 0 spiro atoms. The number of carbonyl (C=O) groups is 1. The lowest BCUT2D eigenvalue weighted by Gasteiger charge is -2.20. The molecule has 12 heteroatoms. The number of fused-ring (bicyclic) bond motifs is 1. The molecule has 1 aliphatic heterocycles. The van der Waals surface area contributed by atoms with Crippen LogP contribution in [0, 0.1) is 24.1 Å². The summed E-state index contributed by atoms with van der Waals surface area (Å²) in [4.78, 5) is 19.8. The van der Waals surface area contributed by atoms with Gasteiger partial charge in [0.1, 0.15) is 35.4 Å². The van der Waals surface area contributed by atoms with E-state index in [1.807, 2.05) is 5.32 Å². The molecule has 1 aliphatic rings. The highest BCUT2D eigenvalue weighted by atomic mass is 19.3. The number of nitrogens with one attached hydrogen (secondary N) is 2. The molecule has 1 saturated heterocycles. The summed E-state index contributed by atoms with van der Waals surface area (Å²) in [6, 6.07) is 6.24. The average molecular weight is 501 g/mol. The van der Waals surface area contributed by atoms with Crippen molar-refractivity contribution in [2.24, 2.45) is 0 Å².